The molecule has 0 aromatic carbocycles. The van der Waals surface area contributed by atoms with Crippen LogP contribution in [0.5, 0.6) is 0 Å². The Morgan fingerprint density at radius 2 is 0.853 bits per heavy atom. The van der Waals surface area contributed by atoms with E-state index in [0.29, 0.717) is 12.8 Å². The number of hydrogen-bond donors (Lipinski definition) is 7. The Morgan fingerprint density at radius 3 is 1.29 bits per heavy atom. The highest BCUT2D eigenvalue weighted by Crippen LogP contribution is 2.15. The maximum Gasteiger partial charge on any atom is 0.328 e. The first-order valence-corrected chi connectivity index (χ1v) is 27.0. The summed E-state index contributed by atoms with van der Waals surface area (Å²) in [5, 5.41) is 25.8. The van der Waals surface area contributed by atoms with Crippen LogP contribution in [0.1, 0.15) is 245 Å². The van der Waals surface area contributed by atoms with Gasteiger partial charge in [0.1, 0.15) is 12.1 Å². The van der Waals surface area contributed by atoms with E-state index < -0.39 is 72.2 Å². The molecule has 16 nitrogen and oxygen atoms in total. The Morgan fingerprint density at radius 1 is 0.426 bits per heavy atom. The fourth-order valence-electron chi connectivity index (χ4n) is 7.96. The molecule has 68 heavy (non-hydrogen) atoms. The number of aliphatic carboxylic acids is 2. The maximum atomic E-state index is 13.8. The van der Waals surface area contributed by atoms with Crippen LogP contribution in [0.25, 0.3) is 0 Å². The molecule has 9 N–H and O–H groups in total. The fraction of sp³-hybridized carbons (Fsp3) is 0.865. The SMILES string of the molecule is CCCCCCCCCCCCCCCCOC(=O)CCC(NC(=O)C(CCCCNC(=O)C(N)CCC(=O)O)NC(=O)C(N)CC(=O)O)C(=O)OCCCCCCCCCCCCCCCC. The summed E-state index contributed by atoms with van der Waals surface area (Å²) in [5.74, 6) is -5.76. The van der Waals surface area contributed by atoms with E-state index in [1.54, 1.807) is 0 Å². The molecule has 0 aromatic heterocycles. The van der Waals surface area contributed by atoms with Gasteiger partial charge in [0, 0.05) is 19.4 Å². The first-order valence-electron chi connectivity index (χ1n) is 27.0. The number of carboxylic acid groups (broad SMARTS) is 2. The number of nitrogens with two attached hydrogens (primary N) is 2. The zero-order chi connectivity index (χ0) is 50.5. The highest BCUT2D eigenvalue weighted by Gasteiger charge is 2.30. The smallest absolute Gasteiger partial charge is 0.328 e. The van der Waals surface area contributed by atoms with E-state index in [2.05, 4.69) is 29.8 Å². The van der Waals surface area contributed by atoms with Crippen molar-refractivity contribution >= 4 is 41.6 Å². The van der Waals surface area contributed by atoms with Crippen LogP contribution in [0.4, 0.5) is 0 Å². The molecule has 0 aliphatic carbocycles. The quantitative estimate of drug-likeness (QED) is 0.0222. The highest BCUT2D eigenvalue weighted by atomic mass is 16.5. The normalized spacial score (nSPS) is 12.9. The number of carbonyl (C=O) groups is 7. The van der Waals surface area contributed by atoms with Crippen molar-refractivity contribution in [3.8, 4) is 0 Å². The van der Waals surface area contributed by atoms with Gasteiger partial charge in [0.2, 0.25) is 17.7 Å². The summed E-state index contributed by atoms with van der Waals surface area (Å²) in [6.45, 7) is 5.02. The second-order valence-electron chi connectivity index (χ2n) is 18.8. The van der Waals surface area contributed by atoms with Crippen LogP contribution in [-0.2, 0) is 43.0 Å². The second-order valence-corrected chi connectivity index (χ2v) is 18.8. The minimum absolute atomic E-state index is 0.0281. The second kappa shape index (κ2) is 45.6. The molecule has 0 aromatic rings. The molecule has 0 saturated heterocycles. The van der Waals surface area contributed by atoms with Crippen molar-refractivity contribution in [2.75, 3.05) is 19.8 Å². The number of hydrogen-bond acceptors (Lipinski definition) is 11. The molecule has 0 aliphatic rings. The molecule has 0 spiro atoms. The van der Waals surface area contributed by atoms with Crippen molar-refractivity contribution < 1.29 is 53.2 Å². The Bertz CT molecular complexity index is 1340. The Kier molecular flexibility index (Phi) is 43.1. The summed E-state index contributed by atoms with van der Waals surface area (Å²) < 4.78 is 11.1. The molecule has 0 heterocycles. The number of esters is 2. The van der Waals surface area contributed by atoms with Gasteiger partial charge in [-0.3, -0.25) is 28.8 Å². The van der Waals surface area contributed by atoms with Gasteiger partial charge in [0.25, 0.3) is 0 Å². The lowest BCUT2D eigenvalue weighted by atomic mass is 10.0. The number of unbranched alkanes of at least 4 members (excludes halogenated alkanes) is 27. The lowest BCUT2D eigenvalue weighted by Crippen LogP contribution is -2.55. The minimum Gasteiger partial charge on any atom is -0.481 e. The van der Waals surface area contributed by atoms with E-state index in [9.17, 15) is 38.7 Å². The first kappa shape index (κ1) is 64.2. The van der Waals surface area contributed by atoms with E-state index in [4.69, 9.17) is 26.0 Å². The minimum atomic E-state index is -1.45. The highest BCUT2D eigenvalue weighted by molar-refractivity contribution is 5.93. The van der Waals surface area contributed by atoms with Crippen LogP contribution in [0.2, 0.25) is 0 Å². The van der Waals surface area contributed by atoms with Gasteiger partial charge in [-0.2, -0.15) is 0 Å². The van der Waals surface area contributed by atoms with Gasteiger partial charge in [0.05, 0.1) is 31.7 Å². The number of carboxylic acids is 2. The van der Waals surface area contributed by atoms with E-state index >= 15 is 0 Å². The summed E-state index contributed by atoms with van der Waals surface area (Å²) >= 11 is 0. The van der Waals surface area contributed by atoms with Gasteiger partial charge in [-0.25, -0.2) is 4.79 Å². The van der Waals surface area contributed by atoms with Crippen molar-refractivity contribution in [3.05, 3.63) is 0 Å². The number of nitrogens with one attached hydrogen (secondary N) is 3. The lowest BCUT2D eigenvalue weighted by Gasteiger charge is -2.24. The third kappa shape index (κ3) is 40.1. The summed E-state index contributed by atoms with van der Waals surface area (Å²) in [5.41, 5.74) is 11.6. The van der Waals surface area contributed by atoms with Crippen LogP contribution in [0, 0.1) is 0 Å². The van der Waals surface area contributed by atoms with Gasteiger partial charge in [-0.15, -0.1) is 0 Å². The zero-order valence-electron chi connectivity index (χ0n) is 42.6. The van der Waals surface area contributed by atoms with Gasteiger partial charge in [-0.1, -0.05) is 181 Å². The van der Waals surface area contributed by atoms with Crippen molar-refractivity contribution in [2.45, 2.75) is 269 Å². The van der Waals surface area contributed by atoms with E-state index in [1.165, 1.54) is 128 Å². The Labute approximate surface area is 410 Å². The lowest BCUT2D eigenvalue weighted by molar-refractivity contribution is -0.150. The summed E-state index contributed by atoms with van der Waals surface area (Å²) in [7, 11) is 0. The van der Waals surface area contributed by atoms with Crippen LogP contribution in [0.3, 0.4) is 0 Å². The van der Waals surface area contributed by atoms with E-state index in [0.717, 1.165) is 44.9 Å². The molecule has 0 saturated carbocycles. The number of ether oxygens (including phenoxy) is 2. The van der Waals surface area contributed by atoms with Crippen molar-refractivity contribution in [1.29, 1.82) is 0 Å². The average molecular weight is 968 g/mol. The molecular weight excluding hydrogens is 871 g/mol. The third-order valence-corrected chi connectivity index (χ3v) is 12.3. The summed E-state index contributed by atoms with van der Waals surface area (Å²) in [4.78, 5) is 87.3. The topological polar surface area (TPSA) is 267 Å². The standard InChI is InChI=1S/C52H97N5O11/c1-3-5-7-9-11-13-15-17-19-21-23-25-27-31-39-67-48(62)37-35-45(52(66)68-40-32-28-26-24-22-20-18-16-14-12-10-8-6-4-2)57-51(65)44(56-50(64)43(54)41-47(60)61)33-29-30-38-55-49(63)42(53)34-36-46(58)59/h42-45H,3-41,53-54H2,1-2H3,(H,55,63)(H,56,64)(H,57,65)(H,58,59)(H,60,61). The van der Waals surface area contributed by atoms with Crippen LogP contribution in [-0.4, -0.2) is 95.7 Å². The number of carbonyl (C=O) groups excluding carboxylic acids is 5. The largest absolute Gasteiger partial charge is 0.481 e. The predicted molar refractivity (Wildman–Crippen MR) is 268 cm³/mol. The van der Waals surface area contributed by atoms with Crippen molar-refractivity contribution in [2.24, 2.45) is 11.5 Å². The third-order valence-electron chi connectivity index (χ3n) is 12.3. The molecule has 0 bridgehead atoms. The van der Waals surface area contributed by atoms with Gasteiger partial charge >= 0.3 is 23.9 Å². The molecule has 0 rings (SSSR count). The predicted octanol–water partition coefficient (Wildman–Crippen LogP) is 9.07. The molecule has 16 heteroatoms. The van der Waals surface area contributed by atoms with Crippen LogP contribution in [0.15, 0.2) is 0 Å². The fourth-order valence-corrected chi connectivity index (χ4v) is 7.96. The van der Waals surface area contributed by atoms with Gasteiger partial charge in [0.15, 0.2) is 0 Å². The molecule has 0 fully saturated rings. The van der Waals surface area contributed by atoms with Gasteiger partial charge in [-0.05, 0) is 44.9 Å². The molecule has 0 aliphatic heterocycles. The Balaban J connectivity index is 5.24. The van der Waals surface area contributed by atoms with E-state index in [-0.39, 0.29) is 58.3 Å². The summed E-state index contributed by atoms with van der Waals surface area (Å²) in [6, 6.07) is -4.94. The molecule has 0 radical (unpaired) electrons. The molecule has 396 valence electrons. The molecule has 4 atom stereocenters. The molecule has 3 amide bonds. The van der Waals surface area contributed by atoms with Crippen LogP contribution < -0.4 is 27.4 Å². The maximum absolute atomic E-state index is 13.8. The van der Waals surface area contributed by atoms with Crippen LogP contribution >= 0.6 is 0 Å². The monoisotopic (exact) mass is 968 g/mol. The van der Waals surface area contributed by atoms with E-state index in [1.807, 2.05) is 0 Å². The van der Waals surface area contributed by atoms with Crippen molar-refractivity contribution in [3.63, 3.8) is 0 Å². The molecule has 4 unspecified atom stereocenters. The average Bonchev–Trinajstić information content (AvgIpc) is 3.30. The number of rotatable bonds is 49. The van der Waals surface area contributed by atoms with Gasteiger partial charge < -0.3 is 47.1 Å². The summed E-state index contributed by atoms with van der Waals surface area (Å²) in [6.07, 6.45) is 32.9. The number of amides is 3. The van der Waals surface area contributed by atoms with Crippen molar-refractivity contribution in [1.82, 2.24) is 16.0 Å². The Hall–Kier alpha value is -3.79. The zero-order valence-corrected chi connectivity index (χ0v) is 42.6. The molecular formula is C52H97N5O11. The first-order chi connectivity index (χ1) is 32.8.